The molecule has 6 heteroatoms. The minimum atomic E-state index is -1.18. The second-order valence-corrected chi connectivity index (χ2v) is 3.43. The lowest BCUT2D eigenvalue weighted by atomic mass is 9.86. The van der Waals surface area contributed by atoms with Crippen molar-refractivity contribution in [2.45, 2.75) is 6.92 Å². The highest BCUT2D eigenvalue weighted by molar-refractivity contribution is 6.51. The molecule has 0 saturated carbocycles. The fourth-order valence-electron chi connectivity index (χ4n) is 1.57. The van der Waals surface area contributed by atoms with E-state index < -0.39 is 18.9 Å². The molecule has 0 bridgehead atoms. The van der Waals surface area contributed by atoms with E-state index in [4.69, 9.17) is 9.39 Å². The summed E-state index contributed by atoms with van der Waals surface area (Å²) < 4.78 is 23.4. The molecule has 0 amide bonds. The van der Waals surface area contributed by atoms with Crippen LogP contribution in [0.5, 0.6) is 5.75 Å². The van der Waals surface area contributed by atoms with Gasteiger partial charge in [-0.25, -0.2) is 9.18 Å². The fourth-order valence-corrected chi connectivity index (χ4v) is 1.57. The third-order valence-electron chi connectivity index (χ3n) is 2.30. The number of carbonyl (C=O) groups is 1. The Morgan fingerprint density at radius 3 is 3.06 bits per heavy atom. The van der Waals surface area contributed by atoms with E-state index in [1.54, 1.807) is 13.0 Å². The molecule has 0 fully saturated rings. The molecule has 0 aromatic heterocycles. The number of rotatable bonds is 2. The fraction of sp³-hybridized carbons (Fsp3) is 0.182. The molecule has 4 nitrogen and oxygen atoms in total. The van der Waals surface area contributed by atoms with Crippen LogP contribution in [0, 0.1) is 5.82 Å². The summed E-state index contributed by atoms with van der Waals surface area (Å²) in [4.78, 5) is 11.6. The van der Waals surface area contributed by atoms with Gasteiger partial charge in [-0.3, -0.25) is 0 Å². The van der Waals surface area contributed by atoms with E-state index in [0.717, 1.165) is 6.07 Å². The first kappa shape index (κ1) is 11.7. The van der Waals surface area contributed by atoms with Gasteiger partial charge < -0.3 is 14.4 Å². The first-order valence-corrected chi connectivity index (χ1v) is 5.16. The zero-order valence-electron chi connectivity index (χ0n) is 9.14. The summed E-state index contributed by atoms with van der Waals surface area (Å²) >= 11 is 0. The number of hydrogen-bond donors (Lipinski definition) is 1. The van der Waals surface area contributed by atoms with E-state index in [-0.39, 0.29) is 17.9 Å². The second-order valence-electron chi connectivity index (χ2n) is 3.43. The van der Waals surface area contributed by atoms with Gasteiger partial charge in [0.1, 0.15) is 17.1 Å². The first-order chi connectivity index (χ1) is 8.13. The molecule has 1 heterocycles. The molecule has 1 aromatic rings. The van der Waals surface area contributed by atoms with Gasteiger partial charge in [-0.05, 0) is 25.0 Å². The highest BCUT2D eigenvalue weighted by Crippen LogP contribution is 2.31. The zero-order valence-corrected chi connectivity index (χ0v) is 9.14. The molecule has 0 radical (unpaired) electrons. The van der Waals surface area contributed by atoms with Crippen LogP contribution in [0.3, 0.4) is 0 Å². The normalized spacial score (nSPS) is 13.0. The number of hydrogen-bond acceptors (Lipinski definition) is 4. The SMILES string of the molecule is CCOC(=O)c1c(F)ccc2c1OB(O)C=C2. The maximum atomic E-state index is 13.6. The highest BCUT2D eigenvalue weighted by Gasteiger charge is 2.27. The van der Waals surface area contributed by atoms with E-state index in [1.165, 1.54) is 12.0 Å². The average Bonchev–Trinajstić information content (AvgIpc) is 2.28. The van der Waals surface area contributed by atoms with Crippen LogP contribution in [0.1, 0.15) is 22.8 Å². The molecule has 88 valence electrons. The van der Waals surface area contributed by atoms with Crippen molar-refractivity contribution >= 4 is 19.2 Å². The van der Waals surface area contributed by atoms with E-state index in [9.17, 15) is 14.2 Å². The zero-order chi connectivity index (χ0) is 12.4. The van der Waals surface area contributed by atoms with Crippen LogP contribution in [0.4, 0.5) is 4.39 Å². The largest absolute Gasteiger partial charge is 0.552 e. The number of benzene rings is 1. The predicted molar refractivity (Wildman–Crippen MR) is 60.0 cm³/mol. The molecule has 2 rings (SSSR count). The standard InChI is InChI=1S/C11H10BFO4/c1-2-16-11(14)9-8(13)4-3-7-5-6-12(15)17-10(7)9/h3-6,15H,2H2,1H3. The Labute approximate surface area is 97.8 Å². The third kappa shape index (κ3) is 2.17. The molecule has 0 spiro atoms. The Hall–Kier alpha value is -1.82. The molecule has 0 aliphatic carbocycles. The predicted octanol–water partition coefficient (Wildman–Crippen LogP) is 1.43. The summed E-state index contributed by atoms with van der Waals surface area (Å²) in [5, 5.41) is 9.30. The number of fused-ring (bicyclic) bond motifs is 1. The summed E-state index contributed by atoms with van der Waals surface area (Å²) in [5.74, 6) is -0.123. The van der Waals surface area contributed by atoms with Gasteiger partial charge in [0, 0.05) is 5.56 Å². The summed E-state index contributed by atoms with van der Waals surface area (Å²) in [7, 11) is -1.18. The van der Waals surface area contributed by atoms with Crippen LogP contribution < -0.4 is 4.65 Å². The molecular weight excluding hydrogens is 226 g/mol. The van der Waals surface area contributed by atoms with Crippen molar-refractivity contribution < 1.29 is 23.6 Å². The number of halogens is 1. The number of ether oxygens (including phenoxy) is 1. The minimum absolute atomic E-state index is 0.0125. The Morgan fingerprint density at radius 1 is 1.59 bits per heavy atom. The van der Waals surface area contributed by atoms with E-state index in [0.29, 0.717) is 5.56 Å². The van der Waals surface area contributed by atoms with Crippen molar-refractivity contribution in [3.05, 3.63) is 35.1 Å². The monoisotopic (exact) mass is 236 g/mol. The van der Waals surface area contributed by atoms with Gasteiger partial charge in [0.2, 0.25) is 0 Å². The van der Waals surface area contributed by atoms with E-state index >= 15 is 0 Å². The van der Waals surface area contributed by atoms with Crippen molar-refractivity contribution in [3.8, 4) is 5.75 Å². The van der Waals surface area contributed by atoms with Crippen molar-refractivity contribution in [2.24, 2.45) is 0 Å². The number of carbonyl (C=O) groups excluding carboxylic acids is 1. The van der Waals surface area contributed by atoms with Crippen LogP contribution in [0.15, 0.2) is 18.1 Å². The lowest BCUT2D eigenvalue weighted by Gasteiger charge is -2.18. The topological polar surface area (TPSA) is 55.8 Å². The van der Waals surface area contributed by atoms with Gasteiger partial charge in [-0.15, -0.1) is 0 Å². The smallest absolute Gasteiger partial charge is 0.532 e. The van der Waals surface area contributed by atoms with Crippen molar-refractivity contribution in [1.82, 2.24) is 0 Å². The second kappa shape index (κ2) is 4.59. The lowest BCUT2D eigenvalue weighted by Crippen LogP contribution is -2.24. The van der Waals surface area contributed by atoms with Crippen LogP contribution in [0.2, 0.25) is 0 Å². The quantitative estimate of drug-likeness (QED) is 0.623. The van der Waals surface area contributed by atoms with Gasteiger partial charge in [0.15, 0.2) is 0 Å². The van der Waals surface area contributed by atoms with Gasteiger partial charge in [0.25, 0.3) is 0 Å². The molecule has 17 heavy (non-hydrogen) atoms. The number of esters is 1. The van der Waals surface area contributed by atoms with Crippen LogP contribution in [-0.4, -0.2) is 24.7 Å². The lowest BCUT2D eigenvalue weighted by molar-refractivity contribution is 0.0518. The maximum Gasteiger partial charge on any atom is 0.552 e. The molecule has 0 unspecified atom stereocenters. The van der Waals surface area contributed by atoms with Gasteiger partial charge >= 0.3 is 13.1 Å². The van der Waals surface area contributed by atoms with Crippen LogP contribution >= 0.6 is 0 Å². The summed E-state index contributed by atoms with van der Waals surface area (Å²) in [5.41, 5.74) is 0.243. The van der Waals surface area contributed by atoms with Gasteiger partial charge in [-0.2, -0.15) is 0 Å². The molecule has 1 aliphatic rings. The molecule has 0 saturated heterocycles. The van der Waals surface area contributed by atoms with Crippen LogP contribution in [0.25, 0.3) is 6.08 Å². The Balaban J connectivity index is 2.51. The highest BCUT2D eigenvalue weighted by atomic mass is 19.1. The Morgan fingerprint density at radius 2 is 2.35 bits per heavy atom. The molecule has 0 atom stereocenters. The van der Waals surface area contributed by atoms with Crippen molar-refractivity contribution in [3.63, 3.8) is 0 Å². The molecule has 1 aliphatic heterocycles. The van der Waals surface area contributed by atoms with E-state index in [1.807, 2.05) is 0 Å². The maximum absolute atomic E-state index is 13.6. The molecule has 1 aromatic carbocycles. The summed E-state index contributed by atoms with van der Waals surface area (Å²) in [6.45, 7) is 1.77. The first-order valence-electron chi connectivity index (χ1n) is 5.16. The average molecular weight is 236 g/mol. The summed E-state index contributed by atoms with van der Waals surface area (Å²) in [6.07, 6.45) is 1.56. The van der Waals surface area contributed by atoms with Gasteiger partial charge in [-0.1, -0.05) is 6.08 Å². The van der Waals surface area contributed by atoms with Crippen molar-refractivity contribution in [2.75, 3.05) is 6.61 Å². The van der Waals surface area contributed by atoms with E-state index in [2.05, 4.69) is 0 Å². The Kier molecular flexibility index (Phi) is 3.15. The Bertz CT molecular complexity index is 487. The molecule has 1 N–H and O–H groups in total. The third-order valence-corrected chi connectivity index (χ3v) is 2.30. The minimum Gasteiger partial charge on any atom is -0.532 e. The molecular formula is C11H10BFO4. The summed E-state index contributed by atoms with van der Waals surface area (Å²) in [6, 6.07) is 2.63. The van der Waals surface area contributed by atoms with Crippen molar-refractivity contribution in [1.29, 1.82) is 0 Å². The van der Waals surface area contributed by atoms with Gasteiger partial charge in [0.05, 0.1) is 6.61 Å². The van der Waals surface area contributed by atoms with Crippen LogP contribution in [-0.2, 0) is 4.74 Å².